The molecule has 7 nitrogen and oxygen atoms in total. The van der Waals surface area contributed by atoms with Crippen LogP contribution in [0.5, 0.6) is 17.2 Å². The molecular weight excluding hydrogens is 358 g/mol. The Morgan fingerprint density at radius 1 is 0.929 bits per heavy atom. The molecule has 0 fully saturated rings. The molecule has 2 aromatic heterocycles. The molecule has 0 radical (unpaired) electrons. The van der Waals surface area contributed by atoms with Crippen LogP contribution in [0.1, 0.15) is 0 Å². The second-order valence-corrected chi connectivity index (χ2v) is 6.31. The van der Waals surface area contributed by atoms with Crippen LogP contribution in [0, 0.1) is 0 Å². The highest BCUT2D eigenvalue weighted by Gasteiger charge is 2.19. The largest absolute Gasteiger partial charge is 0.508 e. The van der Waals surface area contributed by atoms with Gasteiger partial charge in [-0.25, -0.2) is 4.98 Å². The lowest BCUT2D eigenvalue weighted by Crippen LogP contribution is -1.97. The average Bonchev–Trinajstić information content (AvgIpc) is 3.34. The molecule has 3 heterocycles. The van der Waals surface area contributed by atoms with Crippen LogP contribution in [0.3, 0.4) is 0 Å². The summed E-state index contributed by atoms with van der Waals surface area (Å²) in [6, 6.07) is 16.0. The van der Waals surface area contributed by atoms with Crippen molar-refractivity contribution in [2.45, 2.75) is 0 Å². The SMILES string of the molecule is Oc1ccc(-c2cccnc2-c2nc(-c3ccc4c(c3)OCO4)cn2O)cc1. The number of phenolic OH excluding ortho intramolecular Hbond substituents is 1. The van der Waals surface area contributed by atoms with Gasteiger partial charge in [-0.05, 0) is 42.0 Å². The molecule has 0 bridgehead atoms. The van der Waals surface area contributed by atoms with E-state index in [4.69, 9.17) is 9.47 Å². The topological polar surface area (TPSA) is 89.6 Å². The maximum absolute atomic E-state index is 10.5. The van der Waals surface area contributed by atoms with E-state index in [1.165, 1.54) is 6.20 Å². The van der Waals surface area contributed by atoms with Gasteiger partial charge in [-0.3, -0.25) is 4.98 Å². The highest BCUT2D eigenvalue weighted by Crippen LogP contribution is 2.37. The van der Waals surface area contributed by atoms with Crippen LogP contribution in [0.25, 0.3) is 33.9 Å². The minimum Gasteiger partial charge on any atom is -0.508 e. The summed E-state index contributed by atoms with van der Waals surface area (Å²) in [6.45, 7) is 0.197. The molecule has 0 amide bonds. The average molecular weight is 373 g/mol. The van der Waals surface area contributed by atoms with Gasteiger partial charge in [-0.1, -0.05) is 18.2 Å². The van der Waals surface area contributed by atoms with Gasteiger partial charge in [0.2, 0.25) is 6.79 Å². The van der Waals surface area contributed by atoms with Crippen molar-refractivity contribution in [1.82, 2.24) is 14.7 Å². The van der Waals surface area contributed by atoms with Crippen LogP contribution in [0.15, 0.2) is 67.0 Å². The molecule has 0 saturated heterocycles. The molecule has 0 spiro atoms. The van der Waals surface area contributed by atoms with E-state index < -0.39 is 0 Å². The van der Waals surface area contributed by atoms with E-state index in [-0.39, 0.29) is 12.5 Å². The zero-order valence-corrected chi connectivity index (χ0v) is 14.6. The zero-order chi connectivity index (χ0) is 19.1. The monoisotopic (exact) mass is 373 g/mol. The van der Waals surface area contributed by atoms with Crippen molar-refractivity contribution in [1.29, 1.82) is 0 Å². The van der Waals surface area contributed by atoms with Gasteiger partial charge in [0.1, 0.15) is 11.4 Å². The summed E-state index contributed by atoms with van der Waals surface area (Å²) in [6.07, 6.45) is 3.18. The number of benzene rings is 2. The third-order valence-electron chi connectivity index (χ3n) is 4.55. The van der Waals surface area contributed by atoms with E-state index in [2.05, 4.69) is 9.97 Å². The van der Waals surface area contributed by atoms with E-state index in [0.29, 0.717) is 28.7 Å². The smallest absolute Gasteiger partial charge is 0.231 e. The van der Waals surface area contributed by atoms with Crippen LogP contribution in [-0.4, -0.2) is 31.8 Å². The highest BCUT2D eigenvalue weighted by molar-refractivity contribution is 5.79. The number of hydrogen-bond donors (Lipinski definition) is 2. The lowest BCUT2D eigenvalue weighted by molar-refractivity contribution is 0.174. The molecule has 138 valence electrons. The Labute approximate surface area is 160 Å². The van der Waals surface area contributed by atoms with E-state index in [1.54, 1.807) is 30.5 Å². The Kier molecular flexibility index (Phi) is 3.65. The number of imidazole rings is 1. The number of pyridine rings is 1. The van der Waals surface area contributed by atoms with Crippen molar-refractivity contribution < 1.29 is 19.8 Å². The number of aromatic hydroxyl groups is 1. The minimum absolute atomic E-state index is 0.183. The van der Waals surface area contributed by atoms with Crippen molar-refractivity contribution >= 4 is 0 Å². The fraction of sp³-hybridized carbons (Fsp3) is 0.0476. The Bertz CT molecular complexity index is 1170. The first-order chi connectivity index (χ1) is 13.7. The van der Waals surface area contributed by atoms with Gasteiger partial charge in [0.15, 0.2) is 17.3 Å². The Morgan fingerprint density at radius 3 is 2.57 bits per heavy atom. The molecule has 7 heteroatoms. The molecule has 28 heavy (non-hydrogen) atoms. The van der Waals surface area contributed by atoms with E-state index in [0.717, 1.165) is 21.4 Å². The van der Waals surface area contributed by atoms with Gasteiger partial charge in [-0.2, -0.15) is 4.73 Å². The second kappa shape index (κ2) is 6.31. The van der Waals surface area contributed by atoms with Gasteiger partial charge in [0.05, 0.1) is 11.9 Å². The number of ether oxygens (including phenoxy) is 2. The number of rotatable bonds is 3. The van der Waals surface area contributed by atoms with Crippen LogP contribution >= 0.6 is 0 Å². The summed E-state index contributed by atoms with van der Waals surface area (Å²) >= 11 is 0. The van der Waals surface area contributed by atoms with Gasteiger partial charge in [0, 0.05) is 17.3 Å². The molecule has 0 atom stereocenters. The lowest BCUT2D eigenvalue weighted by atomic mass is 10.0. The van der Waals surface area contributed by atoms with Gasteiger partial charge in [-0.15, -0.1) is 0 Å². The highest BCUT2D eigenvalue weighted by atomic mass is 16.7. The van der Waals surface area contributed by atoms with Gasteiger partial charge >= 0.3 is 0 Å². The van der Waals surface area contributed by atoms with E-state index in [1.807, 2.05) is 30.3 Å². The van der Waals surface area contributed by atoms with Crippen molar-refractivity contribution in [2.24, 2.45) is 0 Å². The molecular formula is C21H15N3O4. The number of nitrogens with zero attached hydrogens (tertiary/aromatic N) is 3. The quantitative estimate of drug-likeness (QED) is 0.529. The standard InChI is InChI=1S/C21H15N3O4/c25-15-6-3-13(4-7-15)16-2-1-9-22-20(16)21-23-17(11-24(21)26)14-5-8-18-19(10-14)28-12-27-18/h1-11,25-26H,12H2. The number of aromatic nitrogens is 3. The summed E-state index contributed by atoms with van der Waals surface area (Å²) in [7, 11) is 0. The van der Waals surface area contributed by atoms with Gasteiger partial charge in [0.25, 0.3) is 0 Å². The van der Waals surface area contributed by atoms with Crippen LogP contribution < -0.4 is 9.47 Å². The number of phenols is 1. The predicted molar refractivity (Wildman–Crippen MR) is 101 cm³/mol. The first-order valence-electron chi connectivity index (χ1n) is 8.62. The summed E-state index contributed by atoms with van der Waals surface area (Å²) in [4.78, 5) is 9.01. The van der Waals surface area contributed by atoms with Crippen LogP contribution in [0.2, 0.25) is 0 Å². The Morgan fingerprint density at radius 2 is 1.71 bits per heavy atom. The van der Waals surface area contributed by atoms with Crippen molar-refractivity contribution in [3.63, 3.8) is 0 Å². The Hall–Kier alpha value is -4.00. The molecule has 1 aliphatic heterocycles. The molecule has 0 aliphatic carbocycles. The van der Waals surface area contributed by atoms with Crippen molar-refractivity contribution in [2.75, 3.05) is 6.79 Å². The van der Waals surface area contributed by atoms with Gasteiger partial charge < -0.3 is 19.8 Å². The third-order valence-corrected chi connectivity index (χ3v) is 4.55. The summed E-state index contributed by atoms with van der Waals surface area (Å²) in [5.74, 6) is 1.83. The number of fused-ring (bicyclic) bond motifs is 1. The molecule has 5 rings (SSSR count). The fourth-order valence-electron chi connectivity index (χ4n) is 3.18. The van der Waals surface area contributed by atoms with Crippen molar-refractivity contribution in [3.8, 4) is 51.2 Å². The molecule has 2 aromatic carbocycles. The van der Waals surface area contributed by atoms with Crippen LogP contribution in [-0.2, 0) is 0 Å². The second-order valence-electron chi connectivity index (χ2n) is 6.31. The minimum atomic E-state index is 0.183. The molecule has 0 saturated carbocycles. The summed E-state index contributed by atoms with van der Waals surface area (Å²) < 4.78 is 11.7. The number of hydrogen-bond acceptors (Lipinski definition) is 6. The third kappa shape index (κ3) is 2.69. The first-order valence-corrected chi connectivity index (χ1v) is 8.62. The Balaban J connectivity index is 1.59. The summed E-state index contributed by atoms with van der Waals surface area (Å²) in [5, 5.41) is 20.0. The van der Waals surface area contributed by atoms with E-state index >= 15 is 0 Å². The van der Waals surface area contributed by atoms with Crippen molar-refractivity contribution in [3.05, 3.63) is 67.0 Å². The summed E-state index contributed by atoms with van der Waals surface area (Å²) in [5.41, 5.74) is 3.55. The maximum Gasteiger partial charge on any atom is 0.231 e. The lowest BCUT2D eigenvalue weighted by Gasteiger charge is -2.08. The van der Waals surface area contributed by atoms with E-state index in [9.17, 15) is 10.3 Å². The molecule has 4 aromatic rings. The van der Waals surface area contributed by atoms with Crippen LogP contribution in [0.4, 0.5) is 0 Å². The molecule has 0 unspecified atom stereocenters. The first kappa shape index (κ1) is 16.2. The fourth-order valence-corrected chi connectivity index (χ4v) is 3.18. The maximum atomic E-state index is 10.5. The zero-order valence-electron chi connectivity index (χ0n) is 14.6. The molecule has 2 N–H and O–H groups in total. The predicted octanol–water partition coefficient (Wildman–Crippen LogP) is 3.95. The molecule has 1 aliphatic rings. The normalized spacial score (nSPS) is 12.3.